The molecule has 5 heteroatoms. The fraction of sp³-hybridized carbons (Fsp3) is 0.333. The summed E-state index contributed by atoms with van der Waals surface area (Å²) < 4.78 is 0. The molecule has 0 radical (unpaired) electrons. The lowest BCUT2D eigenvalue weighted by Crippen LogP contribution is -2.17. The molecule has 0 saturated carbocycles. The van der Waals surface area contributed by atoms with Crippen molar-refractivity contribution >= 4 is 23.2 Å². The molecular weight excluding hydrogens is 293 g/mol. The highest BCUT2D eigenvalue weighted by atomic mass is 35.5. The Morgan fingerprint density at radius 3 is 2.65 bits per heavy atom. The van der Waals surface area contributed by atoms with Gasteiger partial charge >= 0.3 is 0 Å². The van der Waals surface area contributed by atoms with Gasteiger partial charge in [0.15, 0.2) is 0 Å². The van der Waals surface area contributed by atoms with E-state index in [1.807, 2.05) is 26.0 Å². The highest BCUT2D eigenvalue weighted by Crippen LogP contribution is 2.26. The van der Waals surface area contributed by atoms with Crippen LogP contribution in [0.3, 0.4) is 0 Å². The molecule has 0 saturated heterocycles. The monoisotopic (exact) mass is 309 g/mol. The summed E-state index contributed by atoms with van der Waals surface area (Å²) in [6, 6.07) is 7.25. The van der Waals surface area contributed by atoms with Crippen molar-refractivity contribution in [1.29, 1.82) is 0 Å². The minimum Gasteiger partial charge on any atom is -0.324 e. The van der Waals surface area contributed by atoms with Crippen molar-refractivity contribution in [3.05, 3.63) is 56.8 Å². The lowest BCUT2D eigenvalue weighted by molar-refractivity contribution is 0.692. The van der Waals surface area contributed by atoms with Crippen molar-refractivity contribution in [2.24, 2.45) is 5.73 Å². The van der Waals surface area contributed by atoms with Gasteiger partial charge in [0.05, 0.1) is 11.4 Å². The molecule has 2 N–H and O–H groups in total. The number of aromatic nitrogens is 2. The Bertz CT molecular complexity index is 614. The number of nitrogens with zero attached hydrogens (tertiary/aromatic N) is 2. The van der Waals surface area contributed by atoms with Gasteiger partial charge in [0.2, 0.25) is 0 Å². The lowest BCUT2D eigenvalue weighted by atomic mass is 9.97. The standard InChI is InChI=1S/C15H17Cl2N3/c1-3-15-12(6-9(2)19-20-15)14(18)8-10-7-11(16)4-5-13(10)17/h4-7,14H,3,8,18H2,1-2H3. The predicted octanol–water partition coefficient (Wildman–Crippen LogP) is 3.90. The Hall–Kier alpha value is -1.16. The van der Waals surface area contributed by atoms with Crippen LogP contribution in [0.25, 0.3) is 0 Å². The summed E-state index contributed by atoms with van der Waals surface area (Å²) in [5.41, 5.74) is 10.1. The first-order valence-electron chi connectivity index (χ1n) is 6.54. The zero-order chi connectivity index (χ0) is 14.7. The van der Waals surface area contributed by atoms with Gasteiger partial charge in [-0.15, -0.1) is 0 Å². The van der Waals surface area contributed by atoms with Crippen LogP contribution in [0, 0.1) is 6.92 Å². The highest BCUT2D eigenvalue weighted by molar-refractivity contribution is 6.33. The Balaban J connectivity index is 2.30. The van der Waals surface area contributed by atoms with Crippen LogP contribution in [0.2, 0.25) is 10.0 Å². The van der Waals surface area contributed by atoms with Gasteiger partial charge in [-0.1, -0.05) is 30.1 Å². The van der Waals surface area contributed by atoms with Crippen LogP contribution in [-0.4, -0.2) is 10.2 Å². The molecule has 0 aliphatic heterocycles. The molecule has 0 amide bonds. The Kier molecular flexibility index (Phi) is 4.97. The SMILES string of the molecule is CCc1nnc(C)cc1C(N)Cc1cc(Cl)ccc1Cl. The quantitative estimate of drug-likeness (QED) is 0.932. The third kappa shape index (κ3) is 3.48. The Morgan fingerprint density at radius 2 is 1.95 bits per heavy atom. The van der Waals surface area contributed by atoms with E-state index in [4.69, 9.17) is 28.9 Å². The van der Waals surface area contributed by atoms with Gasteiger partial charge in [-0.2, -0.15) is 10.2 Å². The van der Waals surface area contributed by atoms with Gasteiger partial charge in [0, 0.05) is 16.1 Å². The number of hydrogen-bond acceptors (Lipinski definition) is 3. The van der Waals surface area contributed by atoms with Crippen molar-refractivity contribution in [2.45, 2.75) is 32.7 Å². The second kappa shape index (κ2) is 6.53. The smallest absolute Gasteiger partial charge is 0.0676 e. The fourth-order valence-electron chi connectivity index (χ4n) is 2.18. The highest BCUT2D eigenvalue weighted by Gasteiger charge is 2.15. The molecule has 2 aromatic rings. The van der Waals surface area contributed by atoms with E-state index < -0.39 is 0 Å². The van der Waals surface area contributed by atoms with Crippen molar-refractivity contribution < 1.29 is 0 Å². The minimum absolute atomic E-state index is 0.171. The minimum atomic E-state index is -0.171. The van der Waals surface area contributed by atoms with Gasteiger partial charge in [0.25, 0.3) is 0 Å². The largest absolute Gasteiger partial charge is 0.324 e. The summed E-state index contributed by atoms with van der Waals surface area (Å²) in [6.45, 7) is 3.96. The predicted molar refractivity (Wildman–Crippen MR) is 83.2 cm³/mol. The van der Waals surface area contributed by atoms with E-state index in [2.05, 4.69) is 10.2 Å². The maximum atomic E-state index is 6.32. The summed E-state index contributed by atoms with van der Waals surface area (Å²) in [5, 5.41) is 9.63. The van der Waals surface area contributed by atoms with E-state index in [1.54, 1.807) is 12.1 Å². The van der Waals surface area contributed by atoms with Crippen LogP contribution >= 0.6 is 23.2 Å². The van der Waals surface area contributed by atoms with Crippen LogP contribution in [-0.2, 0) is 12.8 Å². The molecule has 0 fully saturated rings. The molecule has 1 unspecified atom stereocenters. The van der Waals surface area contributed by atoms with E-state index in [9.17, 15) is 0 Å². The van der Waals surface area contributed by atoms with Crippen molar-refractivity contribution in [3.8, 4) is 0 Å². The summed E-state index contributed by atoms with van der Waals surface area (Å²) >= 11 is 12.2. The van der Waals surface area contributed by atoms with Crippen molar-refractivity contribution in [3.63, 3.8) is 0 Å². The van der Waals surface area contributed by atoms with Gasteiger partial charge < -0.3 is 5.73 Å². The van der Waals surface area contributed by atoms with Gasteiger partial charge in [-0.25, -0.2) is 0 Å². The maximum absolute atomic E-state index is 6.32. The first kappa shape index (κ1) is 15.2. The van der Waals surface area contributed by atoms with E-state index in [1.165, 1.54) is 0 Å². The number of aryl methyl sites for hydroxylation is 2. The normalized spacial score (nSPS) is 12.4. The molecule has 0 spiro atoms. The van der Waals surface area contributed by atoms with Crippen LogP contribution in [0.15, 0.2) is 24.3 Å². The van der Waals surface area contributed by atoms with Crippen molar-refractivity contribution in [1.82, 2.24) is 10.2 Å². The van der Waals surface area contributed by atoms with Crippen LogP contribution in [0.5, 0.6) is 0 Å². The number of hydrogen-bond donors (Lipinski definition) is 1. The number of rotatable bonds is 4. The molecule has 0 aliphatic rings. The van der Waals surface area contributed by atoms with Crippen LogP contribution in [0.1, 0.15) is 35.5 Å². The summed E-state index contributed by atoms with van der Waals surface area (Å²) in [7, 11) is 0. The first-order valence-corrected chi connectivity index (χ1v) is 7.29. The van der Waals surface area contributed by atoms with E-state index in [0.717, 1.165) is 28.9 Å². The Labute approximate surface area is 129 Å². The average Bonchev–Trinajstić information content (AvgIpc) is 2.42. The van der Waals surface area contributed by atoms with Gasteiger partial charge in [0.1, 0.15) is 0 Å². The molecule has 3 nitrogen and oxygen atoms in total. The molecule has 1 atom stereocenters. The molecular formula is C15H17Cl2N3. The molecule has 20 heavy (non-hydrogen) atoms. The van der Waals surface area contributed by atoms with E-state index in [-0.39, 0.29) is 6.04 Å². The lowest BCUT2D eigenvalue weighted by Gasteiger charge is -2.16. The maximum Gasteiger partial charge on any atom is 0.0676 e. The van der Waals surface area contributed by atoms with Gasteiger partial charge in [-0.05, 0) is 55.2 Å². The second-order valence-electron chi connectivity index (χ2n) is 4.79. The summed E-state index contributed by atoms with van der Waals surface area (Å²) in [6.07, 6.45) is 1.43. The zero-order valence-corrected chi connectivity index (χ0v) is 13.0. The number of halogens is 2. The number of nitrogens with two attached hydrogens (primary N) is 1. The molecule has 2 rings (SSSR count). The molecule has 0 aliphatic carbocycles. The van der Waals surface area contributed by atoms with E-state index >= 15 is 0 Å². The second-order valence-corrected chi connectivity index (χ2v) is 5.63. The molecule has 106 valence electrons. The van der Waals surface area contributed by atoms with Gasteiger partial charge in [-0.3, -0.25) is 0 Å². The summed E-state index contributed by atoms with van der Waals surface area (Å²) in [4.78, 5) is 0. The van der Waals surface area contributed by atoms with Crippen LogP contribution in [0.4, 0.5) is 0 Å². The van der Waals surface area contributed by atoms with E-state index in [0.29, 0.717) is 16.5 Å². The van der Waals surface area contributed by atoms with Crippen molar-refractivity contribution in [2.75, 3.05) is 0 Å². The topological polar surface area (TPSA) is 51.8 Å². The molecule has 0 bridgehead atoms. The third-order valence-corrected chi connectivity index (χ3v) is 3.81. The zero-order valence-electron chi connectivity index (χ0n) is 11.5. The van der Waals surface area contributed by atoms with Crippen LogP contribution < -0.4 is 5.73 Å². The molecule has 1 aromatic carbocycles. The summed E-state index contributed by atoms with van der Waals surface area (Å²) in [5.74, 6) is 0. The number of benzene rings is 1. The first-order chi connectivity index (χ1) is 9.51. The molecule has 1 aromatic heterocycles. The fourth-order valence-corrected chi connectivity index (χ4v) is 2.57. The third-order valence-electron chi connectivity index (χ3n) is 3.21. The Morgan fingerprint density at radius 1 is 1.20 bits per heavy atom. The molecule has 1 heterocycles. The average molecular weight is 310 g/mol.